The van der Waals surface area contributed by atoms with Gasteiger partial charge in [-0.1, -0.05) is 22.0 Å². The van der Waals surface area contributed by atoms with Gasteiger partial charge in [0.2, 0.25) is 0 Å². The molecule has 0 aliphatic rings. The van der Waals surface area contributed by atoms with Gasteiger partial charge in [0.1, 0.15) is 24.0 Å². The van der Waals surface area contributed by atoms with Gasteiger partial charge in [-0.3, -0.25) is 0 Å². The lowest BCUT2D eigenvalue weighted by Gasteiger charge is -2.07. The Bertz CT molecular complexity index is 553. The van der Waals surface area contributed by atoms with Crippen LogP contribution in [0.15, 0.2) is 45.3 Å². The summed E-state index contributed by atoms with van der Waals surface area (Å²) in [6.07, 6.45) is 0. The van der Waals surface area contributed by atoms with Crippen LogP contribution >= 0.6 is 31.9 Å². The Morgan fingerprint density at radius 1 is 1.00 bits per heavy atom. The van der Waals surface area contributed by atoms with Crippen molar-refractivity contribution in [3.63, 3.8) is 0 Å². The van der Waals surface area contributed by atoms with E-state index in [1.165, 1.54) is 18.2 Å². The Balaban J connectivity index is 2.08. The SMILES string of the molecule is Fc1cc(Br)cc(OCc2ccc(F)c(Br)c2)c1. The molecule has 0 N–H and O–H groups in total. The van der Waals surface area contributed by atoms with Gasteiger partial charge in [-0.2, -0.15) is 0 Å². The van der Waals surface area contributed by atoms with E-state index in [2.05, 4.69) is 31.9 Å². The fraction of sp³-hybridized carbons (Fsp3) is 0.0769. The van der Waals surface area contributed by atoms with E-state index < -0.39 is 0 Å². The third kappa shape index (κ3) is 3.53. The van der Waals surface area contributed by atoms with Crippen LogP contribution in [0.5, 0.6) is 5.75 Å². The van der Waals surface area contributed by atoms with Crippen LogP contribution in [0.3, 0.4) is 0 Å². The first-order valence-corrected chi connectivity index (χ1v) is 6.66. The van der Waals surface area contributed by atoms with Gasteiger partial charge < -0.3 is 4.74 Å². The first kappa shape index (κ1) is 13.5. The number of rotatable bonds is 3. The molecule has 0 fully saturated rings. The standard InChI is InChI=1S/C13H8Br2F2O/c14-9-4-10(16)6-11(5-9)18-7-8-1-2-13(17)12(15)3-8/h1-6H,7H2. The van der Waals surface area contributed by atoms with E-state index in [1.54, 1.807) is 18.2 Å². The lowest BCUT2D eigenvalue weighted by Crippen LogP contribution is -1.96. The lowest BCUT2D eigenvalue weighted by molar-refractivity contribution is 0.304. The minimum atomic E-state index is -0.375. The molecule has 0 amide bonds. The van der Waals surface area contributed by atoms with E-state index in [1.807, 2.05) is 0 Å². The smallest absolute Gasteiger partial charge is 0.137 e. The summed E-state index contributed by atoms with van der Waals surface area (Å²) in [5, 5.41) is 0. The van der Waals surface area contributed by atoms with Gasteiger partial charge in [-0.05, 0) is 45.8 Å². The van der Waals surface area contributed by atoms with Crippen LogP contribution in [0.1, 0.15) is 5.56 Å². The molecular formula is C13H8Br2F2O. The molecule has 1 nitrogen and oxygen atoms in total. The van der Waals surface area contributed by atoms with Crippen LogP contribution in [-0.4, -0.2) is 0 Å². The summed E-state index contributed by atoms with van der Waals surface area (Å²) in [6.45, 7) is 0.245. The topological polar surface area (TPSA) is 9.23 Å². The maximum absolute atomic E-state index is 13.1. The summed E-state index contributed by atoms with van der Waals surface area (Å²) in [4.78, 5) is 0. The predicted octanol–water partition coefficient (Wildman–Crippen LogP) is 5.07. The number of halogens is 4. The molecular weight excluding hydrogens is 370 g/mol. The Morgan fingerprint density at radius 3 is 2.44 bits per heavy atom. The Morgan fingerprint density at radius 2 is 1.78 bits per heavy atom. The van der Waals surface area contributed by atoms with E-state index in [0.29, 0.717) is 14.7 Å². The fourth-order valence-corrected chi connectivity index (χ4v) is 2.28. The van der Waals surface area contributed by atoms with Crippen molar-refractivity contribution >= 4 is 31.9 Å². The molecule has 18 heavy (non-hydrogen) atoms. The zero-order valence-electron chi connectivity index (χ0n) is 9.09. The second-order valence-electron chi connectivity index (χ2n) is 3.64. The largest absolute Gasteiger partial charge is 0.489 e. The van der Waals surface area contributed by atoms with Gasteiger partial charge >= 0.3 is 0 Å². The van der Waals surface area contributed by atoms with Crippen LogP contribution in [-0.2, 0) is 6.61 Å². The molecule has 2 aromatic rings. The van der Waals surface area contributed by atoms with E-state index in [4.69, 9.17) is 4.74 Å². The van der Waals surface area contributed by atoms with Crippen LogP contribution in [0.4, 0.5) is 8.78 Å². The van der Waals surface area contributed by atoms with E-state index in [9.17, 15) is 8.78 Å². The molecule has 0 aromatic heterocycles. The Kier molecular flexibility index (Phi) is 4.35. The molecule has 0 heterocycles. The molecule has 5 heteroatoms. The van der Waals surface area contributed by atoms with Crippen molar-refractivity contribution in [1.29, 1.82) is 0 Å². The molecule has 0 aliphatic carbocycles. The lowest BCUT2D eigenvalue weighted by atomic mass is 10.2. The third-order valence-electron chi connectivity index (χ3n) is 2.23. The fourth-order valence-electron chi connectivity index (χ4n) is 1.41. The van der Waals surface area contributed by atoms with E-state index in [-0.39, 0.29) is 18.2 Å². The molecule has 0 aliphatic heterocycles. The molecule has 2 rings (SSSR count). The van der Waals surface area contributed by atoms with Gasteiger partial charge in [-0.15, -0.1) is 0 Å². The highest BCUT2D eigenvalue weighted by molar-refractivity contribution is 9.10. The molecule has 2 aromatic carbocycles. The third-order valence-corrected chi connectivity index (χ3v) is 3.29. The number of benzene rings is 2. The first-order valence-electron chi connectivity index (χ1n) is 5.07. The molecule has 94 valence electrons. The van der Waals surface area contributed by atoms with Crippen LogP contribution in [0.25, 0.3) is 0 Å². The maximum atomic E-state index is 13.1. The molecule has 0 spiro atoms. The van der Waals surface area contributed by atoms with Gasteiger partial charge in [-0.25, -0.2) is 8.78 Å². The Hall–Kier alpha value is -0.940. The highest BCUT2D eigenvalue weighted by Gasteiger charge is 2.03. The van der Waals surface area contributed by atoms with Crippen molar-refractivity contribution < 1.29 is 13.5 Å². The highest BCUT2D eigenvalue weighted by atomic mass is 79.9. The average molecular weight is 378 g/mol. The highest BCUT2D eigenvalue weighted by Crippen LogP contribution is 2.22. The normalized spacial score (nSPS) is 10.4. The molecule has 0 saturated heterocycles. The first-order chi connectivity index (χ1) is 8.54. The van der Waals surface area contributed by atoms with Gasteiger partial charge in [0, 0.05) is 10.5 Å². The van der Waals surface area contributed by atoms with Crippen LogP contribution < -0.4 is 4.74 Å². The number of hydrogen-bond donors (Lipinski definition) is 0. The summed E-state index contributed by atoms with van der Waals surface area (Å²) in [6, 6.07) is 8.91. The molecule has 0 atom stereocenters. The van der Waals surface area contributed by atoms with Crippen LogP contribution in [0, 0.1) is 11.6 Å². The van der Waals surface area contributed by atoms with Crippen molar-refractivity contribution in [2.24, 2.45) is 0 Å². The second-order valence-corrected chi connectivity index (χ2v) is 5.41. The summed E-state index contributed by atoms with van der Waals surface area (Å²) >= 11 is 6.28. The second kappa shape index (κ2) is 5.80. The average Bonchev–Trinajstić information content (AvgIpc) is 2.29. The zero-order chi connectivity index (χ0) is 13.1. The molecule has 0 unspecified atom stereocenters. The zero-order valence-corrected chi connectivity index (χ0v) is 12.3. The van der Waals surface area contributed by atoms with Gasteiger partial charge in [0.05, 0.1) is 4.47 Å². The van der Waals surface area contributed by atoms with Crippen molar-refractivity contribution in [2.75, 3.05) is 0 Å². The number of hydrogen-bond acceptors (Lipinski definition) is 1. The minimum absolute atomic E-state index is 0.245. The quantitative estimate of drug-likeness (QED) is 0.725. The summed E-state index contributed by atoms with van der Waals surface area (Å²) in [7, 11) is 0. The van der Waals surface area contributed by atoms with Crippen molar-refractivity contribution in [1.82, 2.24) is 0 Å². The van der Waals surface area contributed by atoms with Crippen molar-refractivity contribution in [2.45, 2.75) is 6.61 Å². The van der Waals surface area contributed by atoms with E-state index in [0.717, 1.165) is 5.56 Å². The van der Waals surface area contributed by atoms with Crippen molar-refractivity contribution in [3.05, 3.63) is 62.5 Å². The van der Waals surface area contributed by atoms with E-state index >= 15 is 0 Å². The summed E-state index contributed by atoms with van der Waals surface area (Å²) in [5.41, 5.74) is 0.795. The minimum Gasteiger partial charge on any atom is -0.489 e. The Labute approximate surface area is 120 Å². The van der Waals surface area contributed by atoms with Gasteiger partial charge in [0.25, 0.3) is 0 Å². The maximum Gasteiger partial charge on any atom is 0.137 e. The summed E-state index contributed by atoms with van der Waals surface area (Å²) < 4.78 is 32.6. The molecule has 0 saturated carbocycles. The van der Waals surface area contributed by atoms with Crippen molar-refractivity contribution in [3.8, 4) is 5.75 Å². The molecule has 0 bridgehead atoms. The number of ether oxygens (including phenoxy) is 1. The van der Waals surface area contributed by atoms with Gasteiger partial charge in [0.15, 0.2) is 0 Å². The predicted molar refractivity (Wildman–Crippen MR) is 72.5 cm³/mol. The monoisotopic (exact) mass is 376 g/mol. The van der Waals surface area contributed by atoms with Crippen LogP contribution in [0.2, 0.25) is 0 Å². The molecule has 0 radical (unpaired) electrons. The summed E-state index contributed by atoms with van der Waals surface area (Å²) in [5.74, 6) is -0.283.